The minimum absolute atomic E-state index is 0.00780. The number of nitrogens with one attached hydrogen (secondary N) is 3. The number of benzene rings is 1. The molecule has 1 aromatic carbocycles. The Bertz CT molecular complexity index is 1130. The number of halogens is 1. The molecule has 160 valence electrons. The molecule has 5 rings (SSSR count). The maximum atomic E-state index is 13.1. The Kier molecular flexibility index (Phi) is 4.47. The topological polar surface area (TPSA) is 138 Å². The van der Waals surface area contributed by atoms with E-state index in [1.165, 1.54) is 5.56 Å². The van der Waals surface area contributed by atoms with Gasteiger partial charge in [-0.15, -0.1) is 0 Å². The SMILES string of the molecule is CC1(C)c2[nH]nc(Nc3nc(N)nc(Cl)n3)c2CN1C(=O)NC1C[C@@H]1c1ccccc1. The van der Waals surface area contributed by atoms with Crippen LogP contribution in [0.15, 0.2) is 30.3 Å². The maximum Gasteiger partial charge on any atom is 0.318 e. The monoisotopic (exact) mass is 439 g/mol. The number of nitrogen functional groups attached to an aromatic ring is 1. The van der Waals surface area contributed by atoms with Crippen LogP contribution in [0.25, 0.3) is 0 Å². The molecule has 1 aliphatic heterocycles. The minimum atomic E-state index is -0.556. The summed E-state index contributed by atoms with van der Waals surface area (Å²) in [6, 6.07) is 10.3. The molecule has 5 N–H and O–H groups in total. The molecule has 10 nitrogen and oxygen atoms in total. The van der Waals surface area contributed by atoms with Gasteiger partial charge in [0.15, 0.2) is 5.82 Å². The Morgan fingerprint density at radius 3 is 2.77 bits per heavy atom. The molecular formula is C20H22ClN9O. The average molecular weight is 440 g/mol. The highest BCUT2D eigenvalue weighted by Gasteiger charge is 2.46. The van der Waals surface area contributed by atoms with Gasteiger partial charge in [0, 0.05) is 17.5 Å². The molecule has 2 atom stereocenters. The highest BCUT2D eigenvalue weighted by molar-refractivity contribution is 6.28. The number of aromatic amines is 1. The van der Waals surface area contributed by atoms with Crippen LogP contribution in [0.2, 0.25) is 5.28 Å². The van der Waals surface area contributed by atoms with Gasteiger partial charge in [-0.05, 0) is 37.4 Å². The molecule has 11 heteroatoms. The van der Waals surface area contributed by atoms with E-state index in [0.29, 0.717) is 18.3 Å². The fourth-order valence-corrected chi connectivity index (χ4v) is 4.30. The highest BCUT2D eigenvalue weighted by atomic mass is 35.5. The van der Waals surface area contributed by atoms with E-state index in [0.717, 1.165) is 17.7 Å². The molecule has 1 unspecified atom stereocenters. The third kappa shape index (κ3) is 3.52. The lowest BCUT2D eigenvalue weighted by atomic mass is 10.0. The Morgan fingerprint density at radius 1 is 1.26 bits per heavy atom. The molecule has 0 spiro atoms. The van der Waals surface area contributed by atoms with Crippen molar-refractivity contribution in [2.24, 2.45) is 0 Å². The predicted octanol–water partition coefficient (Wildman–Crippen LogP) is 2.89. The highest BCUT2D eigenvalue weighted by Crippen LogP contribution is 2.43. The van der Waals surface area contributed by atoms with Crippen LogP contribution in [0.4, 0.5) is 22.5 Å². The number of carbonyl (C=O) groups is 1. The van der Waals surface area contributed by atoms with Crippen molar-refractivity contribution in [2.45, 2.75) is 44.3 Å². The summed E-state index contributed by atoms with van der Waals surface area (Å²) < 4.78 is 0. The van der Waals surface area contributed by atoms with Crippen molar-refractivity contribution >= 4 is 35.3 Å². The van der Waals surface area contributed by atoms with E-state index in [9.17, 15) is 4.79 Å². The number of urea groups is 1. The van der Waals surface area contributed by atoms with E-state index in [-0.39, 0.29) is 29.3 Å². The number of nitrogens with zero attached hydrogens (tertiary/aromatic N) is 5. The molecule has 2 aliphatic rings. The maximum absolute atomic E-state index is 13.1. The van der Waals surface area contributed by atoms with Crippen LogP contribution >= 0.6 is 11.6 Å². The van der Waals surface area contributed by atoms with Crippen molar-refractivity contribution < 1.29 is 4.79 Å². The summed E-state index contributed by atoms with van der Waals surface area (Å²) in [5.74, 6) is 1.09. The van der Waals surface area contributed by atoms with Crippen LogP contribution in [0.5, 0.6) is 0 Å². The number of hydrogen-bond donors (Lipinski definition) is 4. The van der Waals surface area contributed by atoms with E-state index in [1.807, 2.05) is 32.0 Å². The summed E-state index contributed by atoms with van der Waals surface area (Å²) >= 11 is 5.86. The largest absolute Gasteiger partial charge is 0.368 e. The molecule has 2 amide bonds. The smallest absolute Gasteiger partial charge is 0.318 e. The van der Waals surface area contributed by atoms with Gasteiger partial charge in [-0.25, -0.2) is 4.79 Å². The van der Waals surface area contributed by atoms with Crippen LogP contribution in [0.3, 0.4) is 0 Å². The first-order valence-corrected chi connectivity index (χ1v) is 10.4. The summed E-state index contributed by atoms with van der Waals surface area (Å²) in [7, 11) is 0. The predicted molar refractivity (Wildman–Crippen MR) is 116 cm³/mol. The zero-order valence-corrected chi connectivity index (χ0v) is 17.8. The molecule has 1 saturated carbocycles. The molecule has 0 radical (unpaired) electrons. The van der Waals surface area contributed by atoms with E-state index in [4.69, 9.17) is 17.3 Å². The number of hydrogen-bond acceptors (Lipinski definition) is 7. The van der Waals surface area contributed by atoms with Crippen molar-refractivity contribution in [1.82, 2.24) is 35.4 Å². The van der Waals surface area contributed by atoms with E-state index >= 15 is 0 Å². The molecule has 3 aromatic rings. The van der Waals surface area contributed by atoms with Crippen molar-refractivity contribution in [1.29, 1.82) is 0 Å². The quantitative estimate of drug-likeness (QED) is 0.490. The number of amides is 2. The van der Waals surface area contributed by atoms with Gasteiger partial charge in [0.2, 0.25) is 17.2 Å². The van der Waals surface area contributed by atoms with Gasteiger partial charge in [0.05, 0.1) is 17.8 Å². The van der Waals surface area contributed by atoms with Gasteiger partial charge >= 0.3 is 6.03 Å². The van der Waals surface area contributed by atoms with Crippen molar-refractivity contribution in [3.05, 3.63) is 52.4 Å². The lowest BCUT2D eigenvalue weighted by Crippen LogP contribution is -2.47. The first-order chi connectivity index (χ1) is 14.8. The Labute approximate surface area is 183 Å². The van der Waals surface area contributed by atoms with Gasteiger partial charge in [-0.3, -0.25) is 5.10 Å². The number of anilines is 3. The van der Waals surface area contributed by atoms with Crippen molar-refractivity contribution in [2.75, 3.05) is 11.1 Å². The molecule has 3 heterocycles. The van der Waals surface area contributed by atoms with Crippen LogP contribution in [0.1, 0.15) is 43.0 Å². The summed E-state index contributed by atoms with van der Waals surface area (Å²) in [5.41, 5.74) is 8.06. The number of nitrogens with two attached hydrogens (primary N) is 1. The molecule has 2 aromatic heterocycles. The fraction of sp³-hybridized carbons (Fsp3) is 0.350. The number of carbonyl (C=O) groups excluding carboxylic acids is 1. The molecule has 1 aliphatic carbocycles. The molecule has 0 bridgehead atoms. The number of H-pyrrole nitrogens is 1. The summed E-state index contributed by atoms with van der Waals surface area (Å²) in [6.07, 6.45) is 0.950. The van der Waals surface area contributed by atoms with E-state index < -0.39 is 5.54 Å². The summed E-state index contributed by atoms with van der Waals surface area (Å²) in [4.78, 5) is 26.7. The normalized spacial score (nSPS) is 20.9. The van der Waals surface area contributed by atoms with Gasteiger partial charge < -0.3 is 21.3 Å². The first kappa shape index (κ1) is 19.6. The lowest BCUT2D eigenvalue weighted by Gasteiger charge is -2.32. The van der Waals surface area contributed by atoms with Crippen molar-refractivity contribution in [3.63, 3.8) is 0 Å². The zero-order valence-electron chi connectivity index (χ0n) is 17.1. The summed E-state index contributed by atoms with van der Waals surface area (Å²) in [5, 5.41) is 13.6. The standard InChI is InChI=1S/C20H22ClN9O/c1-20(2)14-12(15(29-28-14)24-18-26-16(21)25-17(22)27-18)9-30(20)19(31)23-13-8-11(13)10-6-4-3-5-7-10/h3-7,11,13H,8-9H2,1-2H3,(H,23,31)(H4,22,24,25,26,27,28,29)/t11-,13?/m1/s1. The van der Waals surface area contributed by atoms with Gasteiger partial charge in [0.1, 0.15) is 0 Å². The number of fused-ring (bicyclic) bond motifs is 1. The lowest BCUT2D eigenvalue weighted by molar-refractivity contribution is 0.142. The van der Waals surface area contributed by atoms with Crippen LogP contribution in [0, 0.1) is 0 Å². The molecule has 1 fully saturated rings. The third-order valence-electron chi connectivity index (χ3n) is 5.90. The fourth-order valence-electron chi connectivity index (χ4n) is 4.13. The molecule has 31 heavy (non-hydrogen) atoms. The first-order valence-electron chi connectivity index (χ1n) is 9.98. The third-order valence-corrected chi connectivity index (χ3v) is 6.07. The molecule has 0 saturated heterocycles. The second kappa shape index (κ2) is 7.09. The van der Waals surface area contributed by atoms with Crippen LogP contribution < -0.4 is 16.4 Å². The number of rotatable bonds is 4. The van der Waals surface area contributed by atoms with Crippen LogP contribution in [-0.2, 0) is 12.1 Å². The average Bonchev–Trinajstić information content (AvgIpc) is 3.27. The van der Waals surface area contributed by atoms with Gasteiger partial charge in [-0.1, -0.05) is 30.3 Å². The van der Waals surface area contributed by atoms with E-state index in [2.05, 4.69) is 47.9 Å². The second-order valence-electron chi connectivity index (χ2n) is 8.29. The van der Waals surface area contributed by atoms with Crippen molar-refractivity contribution in [3.8, 4) is 0 Å². The van der Waals surface area contributed by atoms with Crippen LogP contribution in [-0.4, -0.2) is 42.1 Å². The second-order valence-corrected chi connectivity index (χ2v) is 8.63. The van der Waals surface area contributed by atoms with Gasteiger partial charge in [0.25, 0.3) is 0 Å². The minimum Gasteiger partial charge on any atom is -0.368 e. The summed E-state index contributed by atoms with van der Waals surface area (Å²) in [6.45, 7) is 4.36. The Balaban J connectivity index is 1.31. The Morgan fingerprint density at radius 2 is 2.03 bits per heavy atom. The van der Waals surface area contributed by atoms with Gasteiger partial charge in [-0.2, -0.15) is 20.1 Å². The Hall–Kier alpha value is -3.40. The van der Waals surface area contributed by atoms with E-state index in [1.54, 1.807) is 4.90 Å². The zero-order chi connectivity index (χ0) is 21.8. The number of aromatic nitrogens is 5. The molecular weight excluding hydrogens is 418 g/mol.